The Morgan fingerprint density at radius 2 is 1.68 bits per heavy atom. The number of carbonyl (C=O) groups is 5. The number of imidazole rings is 1. The highest BCUT2D eigenvalue weighted by Crippen LogP contribution is 2.35. The zero-order chi connectivity index (χ0) is 42.1. The highest BCUT2D eigenvalue weighted by Gasteiger charge is 2.45. The number of carbonyl (C=O) groups excluding carboxylic acids is 5. The Balaban J connectivity index is 0.858. The maximum absolute atomic E-state index is 13.3. The molecule has 6 aromatic rings. The van der Waals surface area contributed by atoms with Gasteiger partial charge in [0.1, 0.15) is 17.5 Å². The summed E-state index contributed by atoms with van der Waals surface area (Å²) in [5.74, 6) is -2.09. The van der Waals surface area contributed by atoms with E-state index in [0.717, 1.165) is 22.2 Å². The van der Waals surface area contributed by atoms with Crippen molar-refractivity contribution in [3.05, 3.63) is 113 Å². The molecule has 5 N–H and O–H groups in total. The van der Waals surface area contributed by atoms with E-state index in [0.29, 0.717) is 52.6 Å². The first-order valence-electron chi connectivity index (χ1n) is 19.0. The fourth-order valence-corrected chi connectivity index (χ4v) is 7.86. The number of amides is 5. The normalized spacial score (nSPS) is 15.3. The predicted octanol–water partition coefficient (Wildman–Crippen LogP) is 3.32. The first-order chi connectivity index (χ1) is 28.9. The number of hydrogen-bond donors (Lipinski definition) is 5. The van der Waals surface area contributed by atoms with Crippen molar-refractivity contribution in [1.82, 2.24) is 35.3 Å². The van der Waals surface area contributed by atoms with Gasteiger partial charge in [-0.25, -0.2) is 13.4 Å². The van der Waals surface area contributed by atoms with Crippen LogP contribution in [0, 0.1) is 0 Å². The highest BCUT2D eigenvalue weighted by atomic mass is 32.2. The maximum Gasteiger partial charge on any atom is 0.264 e. The number of rotatable bonds is 14. The number of hydrogen-bond acceptors (Lipinski definition) is 12. The van der Waals surface area contributed by atoms with E-state index in [2.05, 4.69) is 25.9 Å². The van der Waals surface area contributed by atoms with E-state index < -0.39 is 39.5 Å². The average Bonchev–Trinajstić information content (AvgIpc) is 3.89. The minimum atomic E-state index is -3.42. The number of benzene rings is 4. The summed E-state index contributed by atoms with van der Waals surface area (Å²) in [5.41, 5.74) is 4.67. The van der Waals surface area contributed by atoms with Gasteiger partial charge in [0.15, 0.2) is 16.4 Å². The Morgan fingerprint density at radius 1 is 0.917 bits per heavy atom. The van der Waals surface area contributed by atoms with Gasteiger partial charge in [-0.05, 0) is 73.4 Å². The molecule has 1 saturated heterocycles. The van der Waals surface area contributed by atoms with E-state index in [4.69, 9.17) is 9.84 Å². The van der Waals surface area contributed by atoms with E-state index in [1.54, 1.807) is 36.4 Å². The van der Waals surface area contributed by atoms with E-state index in [1.165, 1.54) is 22.9 Å². The van der Waals surface area contributed by atoms with E-state index in [1.807, 2.05) is 36.4 Å². The summed E-state index contributed by atoms with van der Waals surface area (Å²) < 4.78 is 31.2. The monoisotopic (exact) mass is 830 g/mol. The molecule has 306 valence electrons. The Hall–Kier alpha value is -7.34. The van der Waals surface area contributed by atoms with Crippen LogP contribution in [0.3, 0.4) is 0 Å². The molecule has 2 aliphatic heterocycles. The van der Waals surface area contributed by atoms with Crippen molar-refractivity contribution in [3.8, 4) is 28.8 Å². The molecule has 4 heterocycles. The molecule has 5 amide bonds. The Bertz CT molecular complexity index is 2760. The van der Waals surface area contributed by atoms with Crippen LogP contribution in [0.15, 0.2) is 95.9 Å². The van der Waals surface area contributed by atoms with Gasteiger partial charge in [-0.2, -0.15) is 9.78 Å². The molecule has 60 heavy (non-hydrogen) atoms. The van der Waals surface area contributed by atoms with Crippen LogP contribution >= 0.6 is 0 Å². The highest BCUT2D eigenvalue weighted by molar-refractivity contribution is 7.90. The Kier molecular flexibility index (Phi) is 10.6. The lowest BCUT2D eigenvalue weighted by atomic mass is 10.0. The van der Waals surface area contributed by atoms with E-state index in [9.17, 15) is 37.5 Å². The van der Waals surface area contributed by atoms with Crippen LogP contribution in [0.4, 0.5) is 5.69 Å². The van der Waals surface area contributed by atoms with Gasteiger partial charge in [-0.15, -0.1) is 0 Å². The van der Waals surface area contributed by atoms with Crippen LogP contribution in [-0.2, 0) is 37.1 Å². The molecule has 2 aliphatic rings. The molecule has 0 aliphatic carbocycles. The van der Waals surface area contributed by atoms with Crippen molar-refractivity contribution in [2.45, 2.75) is 36.6 Å². The van der Waals surface area contributed by atoms with Crippen molar-refractivity contribution >= 4 is 56.1 Å². The summed E-state index contributed by atoms with van der Waals surface area (Å²) in [7, 11) is -3.42. The van der Waals surface area contributed by atoms with Gasteiger partial charge in [-0.1, -0.05) is 42.5 Å². The third kappa shape index (κ3) is 7.91. The van der Waals surface area contributed by atoms with E-state index in [-0.39, 0.29) is 60.3 Å². The lowest BCUT2D eigenvalue weighted by Gasteiger charge is -2.27. The quantitative estimate of drug-likeness (QED) is 0.0786. The topological polar surface area (TPSA) is 235 Å². The third-order valence-electron chi connectivity index (χ3n) is 10.3. The average molecular weight is 831 g/mol. The number of aromatic amines is 1. The van der Waals surface area contributed by atoms with Crippen molar-refractivity contribution < 1.29 is 42.2 Å². The molecule has 17 nitrogen and oxygen atoms in total. The standard InChI is InChI=1S/C42H38N8O9S/c1-60(57,58)27-16-12-25(13-17-27)37-29(40(55)50(48-37)42-45-30-6-2-3-7-31(30)46-42)18-11-24-9-14-26(15-10-24)59-23-35(52)44-22-21-43-32-8-4-5-28-36(32)41(56)49(39(28)54)33-19-20-34(51)47-38(33)53/h2-10,12-17,33,43,55H,11,18-23H2,1H3,(H,44,52)(H,45,46)(H,47,51,53). The fourth-order valence-electron chi connectivity index (χ4n) is 7.23. The number of ether oxygens (including phenoxy) is 1. The Morgan fingerprint density at radius 3 is 2.42 bits per heavy atom. The van der Waals surface area contributed by atoms with Gasteiger partial charge in [0.25, 0.3) is 17.7 Å². The van der Waals surface area contributed by atoms with E-state index >= 15 is 0 Å². The lowest BCUT2D eigenvalue weighted by Crippen LogP contribution is -2.54. The molecule has 1 unspecified atom stereocenters. The maximum atomic E-state index is 13.3. The van der Waals surface area contributed by atoms with Crippen molar-refractivity contribution in [2.24, 2.45) is 0 Å². The summed E-state index contributed by atoms with van der Waals surface area (Å²) in [6, 6.07) is 24.6. The molecule has 4 aromatic carbocycles. The predicted molar refractivity (Wildman–Crippen MR) is 217 cm³/mol. The first kappa shape index (κ1) is 39.5. The van der Waals surface area contributed by atoms with Gasteiger partial charge in [0, 0.05) is 42.6 Å². The number of aryl methyl sites for hydroxylation is 1. The molecule has 18 heteroatoms. The summed E-state index contributed by atoms with van der Waals surface area (Å²) in [5, 5.41) is 24.2. The van der Waals surface area contributed by atoms with Gasteiger partial charge >= 0.3 is 0 Å². The van der Waals surface area contributed by atoms with Crippen LogP contribution in [0.1, 0.15) is 44.7 Å². The van der Waals surface area contributed by atoms with Crippen molar-refractivity contribution in [3.63, 3.8) is 0 Å². The lowest BCUT2D eigenvalue weighted by molar-refractivity contribution is -0.136. The fraction of sp³-hybridized carbons (Fsp3) is 0.214. The second-order valence-electron chi connectivity index (χ2n) is 14.3. The number of nitrogens with zero attached hydrogens (tertiary/aromatic N) is 4. The molecule has 1 atom stereocenters. The van der Waals surface area contributed by atoms with Crippen LogP contribution in [-0.4, -0.2) is 99.7 Å². The zero-order valence-corrected chi connectivity index (χ0v) is 32.9. The number of para-hydroxylation sites is 2. The van der Waals surface area contributed by atoms with Crippen LogP contribution in [0.2, 0.25) is 0 Å². The molecular formula is C42H38N8O9S. The number of sulfone groups is 1. The summed E-state index contributed by atoms with van der Waals surface area (Å²) in [4.78, 5) is 71.8. The number of aromatic hydroxyl groups is 1. The zero-order valence-electron chi connectivity index (χ0n) is 32.1. The largest absolute Gasteiger partial charge is 0.493 e. The second-order valence-corrected chi connectivity index (χ2v) is 16.3. The summed E-state index contributed by atoms with van der Waals surface area (Å²) in [6.07, 6.45) is 2.09. The van der Waals surface area contributed by atoms with Crippen molar-refractivity contribution in [2.75, 3.05) is 31.3 Å². The second kappa shape index (κ2) is 16.1. The molecule has 0 spiro atoms. The number of piperidine rings is 1. The molecule has 0 radical (unpaired) electrons. The summed E-state index contributed by atoms with van der Waals surface area (Å²) in [6.45, 7) is 0.134. The molecule has 1 fully saturated rings. The van der Waals surface area contributed by atoms with Gasteiger partial charge in [0.05, 0.1) is 27.1 Å². The number of anilines is 1. The third-order valence-corrected chi connectivity index (χ3v) is 11.4. The number of fused-ring (bicyclic) bond motifs is 2. The van der Waals surface area contributed by atoms with Gasteiger partial charge < -0.3 is 25.5 Å². The van der Waals surface area contributed by atoms with Gasteiger partial charge in [0.2, 0.25) is 23.6 Å². The molecule has 2 aromatic heterocycles. The Labute approximate surface area is 342 Å². The molecular weight excluding hydrogens is 793 g/mol. The number of H-pyrrole nitrogens is 1. The van der Waals surface area contributed by atoms with Gasteiger partial charge in [-0.3, -0.25) is 34.2 Å². The van der Waals surface area contributed by atoms with Crippen molar-refractivity contribution in [1.29, 1.82) is 0 Å². The SMILES string of the molecule is CS(=O)(=O)c1ccc(-c2nn(-c3nc4ccccc4[nH]3)c(O)c2CCc2ccc(OCC(=O)NCCNc3cccc4c3C(=O)N(C3CCC(=O)NC3=O)C4=O)cc2)cc1. The first-order valence-corrected chi connectivity index (χ1v) is 20.9. The molecule has 0 saturated carbocycles. The molecule has 8 rings (SSSR count). The van der Waals surface area contributed by atoms with Crippen LogP contribution in [0.25, 0.3) is 28.2 Å². The number of nitrogens with one attached hydrogen (secondary N) is 4. The summed E-state index contributed by atoms with van der Waals surface area (Å²) >= 11 is 0. The molecule has 0 bridgehead atoms. The minimum Gasteiger partial charge on any atom is -0.493 e. The number of aromatic nitrogens is 4. The minimum absolute atomic E-state index is 0.0206. The van der Waals surface area contributed by atoms with Crippen LogP contribution < -0.4 is 20.7 Å². The van der Waals surface area contributed by atoms with Crippen LogP contribution in [0.5, 0.6) is 11.6 Å². The smallest absolute Gasteiger partial charge is 0.264 e. The number of imide groups is 2.